The fourth-order valence-corrected chi connectivity index (χ4v) is 4.96. The molecule has 0 bridgehead atoms. The molecular weight excluding hydrogens is 440 g/mol. The SMILES string of the molecule is C[C@H](c1ccccc1)N(C)S(=O)(=O)c1cccc(C(=O)Nc2ccc3c(c2)OCCCO3)c1. The summed E-state index contributed by atoms with van der Waals surface area (Å²) in [6.07, 6.45) is 0.787. The number of anilines is 1. The van der Waals surface area contributed by atoms with Crippen molar-refractivity contribution in [3.63, 3.8) is 0 Å². The van der Waals surface area contributed by atoms with Gasteiger partial charge in [-0.25, -0.2) is 8.42 Å². The smallest absolute Gasteiger partial charge is 0.255 e. The van der Waals surface area contributed by atoms with Crippen LogP contribution in [0.5, 0.6) is 11.5 Å². The predicted molar refractivity (Wildman–Crippen MR) is 126 cm³/mol. The molecule has 3 aromatic carbocycles. The Morgan fingerprint density at radius 3 is 2.42 bits per heavy atom. The first-order valence-electron chi connectivity index (χ1n) is 10.7. The first-order chi connectivity index (χ1) is 15.9. The van der Waals surface area contributed by atoms with Gasteiger partial charge in [-0.1, -0.05) is 36.4 Å². The van der Waals surface area contributed by atoms with E-state index in [9.17, 15) is 13.2 Å². The van der Waals surface area contributed by atoms with Crippen molar-refractivity contribution in [2.75, 3.05) is 25.6 Å². The van der Waals surface area contributed by atoms with Crippen LogP contribution in [0.2, 0.25) is 0 Å². The van der Waals surface area contributed by atoms with Gasteiger partial charge >= 0.3 is 0 Å². The zero-order valence-electron chi connectivity index (χ0n) is 18.5. The maximum Gasteiger partial charge on any atom is 0.255 e. The number of amides is 1. The molecule has 0 spiro atoms. The topological polar surface area (TPSA) is 84.9 Å². The predicted octanol–water partition coefficient (Wildman–Crippen LogP) is 4.48. The first-order valence-corrected chi connectivity index (χ1v) is 12.1. The van der Waals surface area contributed by atoms with Crippen molar-refractivity contribution in [2.24, 2.45) is 0 Å². The lowest BCUT2D eigenvalue weighted by atomic mass is 10.1. The number of nitrogens with zero attached hydrogens (tertiary/aromatic N) is 1. The number of fused-ring (bicyclic) bond motifs is 1. The van der Waals surface area contributed by atoms with Gasteiger partial charge in [0.1, 0.15) is 0 Å². The summed E-state index contributed by atoms with van der Waals surface area (Å²) in [6.45, 7) is 2.95. The molecule has 172 valence electrons. The molecule has 0 unspecified atom stereocenters. The van der Waals surface area contributed by atoms with Crippen LogP contribution in [0.15, 0.2) is 77.7 Å². The number of nitrogens with one attached hydrogen (secondary N) is 1. The van der Waals surface area contributed by atoms with E-state index in [1.165, 1.54) is 23.5 Å². The van der Waals surface area contributed by atoms with E-state index < -0.39 is 15.9 Å². The number of carbonyl (C=O) groups excluding carboxylic acids is 1. The lowest BCUT2D eigenvalue weighted by Gasteiger charge is -2.25. The van der Waals surface area contributed by atoms with Crippen LogP contribution < -0.4 is 14.8 Å². The molecule has 0 saturated carbocycles. The molecule has 33 heavy (non-hydrogen) atoms. The third-order valence-corrected chi connectivity index (χ3v) is 7.53. The standard InChI is InChI=1S/C25H26N2O5S/c1-18(19-8-4-3-5-9-19)27(2)33(29,30)22-11-6-10-20(16-22)25(28)26-21-12-13-23-24(17-21)32-15-7-14-31-23/h3-6,8-13,16-18H,7,14-15H2,1-2H3,(H,26,28)/t18-/m1/s1. The van der Waals surface area contributed by atoms with E-state index in [0.29, 0.717) is 30.4 Å². The van der Waals surface area contributed by atoms with Crippen molar-refractivity contribution >= 4 is 21.6 Å². The Labute approximate surface area is 194 Å². The van der Waals surface area contributed by atoms with Gasteiger partial charge in [0.15, 0.2) is 11.5 Å². The quantitative estimate of drug-likeness (QED) is 0.579. The second-order valence-corrected chi connectivity index (χ2v) is 9.80. The van der Waals surface area contributed by atoms with E-state index in [2.05, 4.69) is 5.32 Å². The largest absolute Gasteiger partial charge is 0.490 e. The summed E-state index contributed by atoms with van der Waals surface area (Å²) in [6, 6.07) is 20.2. The number of benzene rings is 3. The van der Waals surface area contributed by atoms with Gasteiger partial charge in [-0.2, -0.15) is 4.31 Å². The van der Waals surface area contributed by atoms with Gasteiger partial charge in [0, 0.05) is 36.8 Å². The Bertz CT molecular complexity index is 1240. The summed E-state index contributed by atoms with van der Waals surface area (Å²) in [5, 5.41) is 2.80. The van der Waals surface area contributed by atoms with Crippen LogP contribution in [-0.2, 0) is 10.0 Å². The van der Waals surface area contributed by atoms with Gasteiger partial charge in [-0.3, -0.25) is 4.79 Å². The average Bonchev–Trinajstić information content (AvgIpc) is 3.08. The number of sulfonamides is 1. The lowest BCUT2D eigenvalue weighted by molar-refractivity contribution is 0.102. The zero-order chi connectivity index (χ0) is 23.4. The average molecular weight is 467 g/mol. The summed E-state index contributed by atoms with van der Waals surface area (Å²) in [7, 11) is -2.28. The van der Waals surface area contributed by atoms with E-state index in [-0.39, 0.29) is 16.5 Å². The van der Waals surface area contributed by atoms with Crippen molar-refractivity contribution < 1.29 is 22.7 Å². The molecule has 1 atom stereocenters. The van der Waals surface area contributed by atoms with E-state index in [0.717, 1.165) is 12.0 Å². The highest BCUT2D eigenvalue weighted by Crippen LogP contribution is 2.32. The summed E-state index contributed by atoms with van der Waals surface area (Å²) in [5.74, 6) is 0.785. The van der Waals surface area contributed by atoms with E-state index in [1.807, 2.05) is 37.3 Å². The minimum absolute atomic E-state index is 0.0547. The van der Waals surface area contributed by atoms with E-state index in [4.69, 9.17) is 9.47 Å². The van der Waals surface area contributed by atoms with Crippen LogP contribution in [0.4, 0.5) is 5.69 Å². The van der Waals surface area contributed by atoms with E-state index in [1.54, 1.807) is 30.3 Å². The van der Waals surface area contributed by atoms with Gasteiger partial charge in [0.2, 0.25) is 10.0 Å². The molecule has 1 amide bonds. The fraction of sp³-hybridized carbons (Fsp3) is 0.240. The molecule has 0 radical (unpaired) electrons. The van der Waals surface area contributed by atoms with E-state index >= 15 is 0 Å². The van der Waals surface area contributed by atoms with Crippen LogP contribution >= 0.6 is 0 Å². The van der Waals surface area contributed by atoms with Crippen molar-refractivity contribution in [3.05, 3.63) is 83.9 Å². The van der Waals surface area contributed by atoms with Gasteiger partial charge in [-0.05, 0) is 42.8 Å². The fourth-order valence-electron chi connectivity index (χ4n) is 3.56. The second-order valence-electron chi connectivity index (χ2n) is 7.80. The molecule has 1 heterocycles. The Morgan fingerprint density at radius 1 is 0.939 bits per heavy atom. The summed E-state index contributed by atoms with van der Waals surface area (Å²) in [4.78, 5) is 12.9. The van der Waals surface area contributed by atoms with Crippen molar-refractivity contribution in [2.45, 2.75) is 24.3 Å². The molecule has 3 aromatic rings. The van der Waals surface area contributed by atoms with Crippen molar-refractivity contribution in [3.8, 4) is 11.5 Å². The highest BCUT2D eigenvalue weighted by Gasteiger charge is 2.27. The maximum absolute atomic E-state index is 13.2. The van der Waals surface area contributed by atoms with Crippen LogP contribution in [0.25, 0.3) is 0 Å². The molecule has 1 N–H and O–H groups in total. The summed E-state index contributed by atoms with van der Waals surface area (Å²) in [5.41, 5.74) is 1.66. The zero-order valence-corrected chi connectivity index (χ0v) is 19.3. The molecule has 1 aliphatic rings. The Kier molecular flexibility index (Phi) is 6.67. The van der Waals surface area contributed by atoms with Crippen molar-refractivity contribution in [1.82, 2.24) is 4.31 Å². The van der Waals surface area contributed by atoms with Crippen LogP contribution in [0.3, 0.4) is 0 Å². The normalized spacial score (nSPS) is 14.4. The summed E-state index contributed by atoms with van der Waals surface area (Å²) >= 11 is 0. The third kappa shape index (κ3) is 5.02. The first kappa shape index (κ1) is 22.8. The Balaban J connectivity index is 1.53. The van der Waals surface area contributed by atoms with Crippen molar-refractivity contribution in [1.29, 1.82) is 0 Å². The molecule has 7 nitrogen and oxygen atoms in total. The monoisotopic (exact) mass is 466 g/mol. The second kappa shape index (κ2) is 9.64. The minimum atomic E-state index is -3.81. The van der Waals surface area contributed by atoms with Gasteiger partial charge < -0.3 is 14.8 Å². The molecule has 0 saturated heterocycles. The van der Waals surface area contributed by atoms with Crippen LogP contribution in [-0.4, -0.2) is 38.9 Å². The molecule has 0 fully saturated rings. The van der Waals surface area contributed by atoms with Gasteiger partial charge in [-0.15, -0.1) is 0 Å². The molecular formula is C25H26N2O5S. The van der Waals surface area contributed by atoms with Crippen LogP contribution in [0.1, 0.15) is 35.3 Å². The number of carbonyl (C=O) groups is 1. The molecule has 0 aromatic heterocycles. The number of ether oxygens (including phenoxy) is 2. The Morgan fingerprint density at radius 2 is 1.67 bits per heavy atom. The highest BCUT2D eigenvalue weighted by atomic mass is 32.2. The molecule has 0 aliphatic carbocycles. The summed E-state index contributed by atoms with van der Waals surface area (Å²) < 4.78 is 39.1. The maximum atomic E-state index is 13.2. The number of rotatable bonds is 6. The molecule has 4 rings (SSSR count). The minimum Gasteiger partial charge on any atom is -0.490 e. The highest BCUT2D eigenvalue weighted by molar-refractivity contribution is 7.89. The number of hydrogen-bond donors (Lipinski definition) is 1. The van der Waals surface area contributed by atoms with Gasteiger partial charge in [0.25, 0.3) is 5.91 Å². The molecule has 8 heteroatoms. The lowest BCUT2D eigenvalue weighted by Crippen LogP contribution is -2.30. The third-order valence-electron chi connectivity index (χ3n) is 5.61. The molecule has 1 aliphatic heterocycles. The number of hydrogen-bond acceptors (Lipinski definition) is 5. The van der Waals surface area contributed by atoms with Gasteiger partial charge in [0.05, 0.1) is 18.1 Å². The van der Waals surface area contributed by atoms with Crippen LogP contribution in [0, 0.1) is 0 Å². The Hall–Kier alpha value is -3.36.